The summed E-state index contributed by atoms with van der Waals surface area (Å²) in [4.78, 5) is 66.3. The maximum Gasteiger partial charge on any atom is 0.326 e. The Balaban J connectivity index is 2.21. The maximum atomic E-state index is 13.4. The van der Waals surface area contributed by atoms with E-state index in [1.54, 1.807) is 12.1 Å². The van der Waals surface area contributed by atoms with Crippen LogP contribution in [0.2, 0.25) is 0 Å². The Kier molecular flexibility index (Phi) is 13.4. The van der Waals surface area contributed by atoms with E-state index in [0.717, 1.165) is 0 Å². The van der Waals surface area contributed by atoms with Crippen molar-refractivity contribution >= 4 is 35.6 Å². The Morgan fingerprint density at radius 1 is 0.705 bits per heavy atom. The van der Waals surface area contributed by atoms with Crippen molar-refractivity contribution in [3.05, 3.63) is 59.7 Å². The zero-order chi connectivity index (χ0) is 32.8. The molecule has 44 heavy (non-hydrogen) atoms. The third-order valence-electron chi connectivity index (χ3n) is 6.31. The molecule has 0 aliphatic heterocycles. The van der Waals surface area contributed by atoms with Gasteiger partial charge in [0.25, 0.3) is 0 Å². The number of guanidine groups is 1. The van der Waals surface area contributed by atoms with Crippen molar-refractivity contribution < 1.29 is 44.4 Å². The predicted molar refractivity (Wildman–Crippen MR) is 157 cm³/mol. The van der Waals surface area contributed by atoms with Gasteiger partial charge in [-0.1, -0.05) is 24.3 Å². The molecule has 0 spiro atoms. The number of aromatic hydroxyl groups is 2. The van der Waals surface area contributed by atoms with Crippen LogP contribution in [-0.2, 0) is 36.8 Å². The number of aliphatic carboxylic acids is 2. The average molecular weight is 616 g/mol. The minimum absolute atomic E-state index is 0.0259. The van der Waals surface area contributed by atoms with Crippen LogP contribution in [0, 0.1) is 0 Å². The number of benzene rings is 2. The molecule has 16 heteroatoms. The number of hydrogen-bond donors (Lipinski definition) is 10. The molecule has 0 heterocycles. The van der Waals surface area contributed by atoms with Crippen molar-refractivity contribution in [2.24, 2.45) is 22.2 Å². The first kappa shape index (κ1) is 34.8. The molecule has 0 radical (unpaired) electrons. The molecule has 0 aromatic heterocycles. The summed E-state index contributed by atoms with van der Waals surface area (Å²) >= 11 is 0. The quantitative estimate of drug-likeness (QED) is 0.0540. The smallest absolute Gasteiger partial charge is 0.326 e. The fraction of sp³-hybridized carbons (Fsp3) is 0.357. The second-order valence-corrected chi connectivity index (χ2v) is 9.92. The van der Waals surface area contributed by atoms with E-state index < -0.39 is 60.2 Å². The van der Waals surface area contributed by atoms with Gasteiger partial charge >= 0.3 is 11.9 Å². The molecular formula is C28H37N7O9. The van der Waals surface area contributed by atoms with Crippen LogP contribution in [0.4, 0.5) is 0 Å². The van der Waals surface area contributed by atoms with Gasteiger partial charge < -0.3 is 53.6 Å². The van der Waals surface area contributed by atoms with E-state index in [4.69, 9.17) is 17.2 Å². The topological polar surface area (TPSA) is 293 Å². The lowest BCUT2D eigenvalue weighted by molar-refractivity contribution is -0.143. The molecule has 3 amide bonds. The molecule has 0 fully saturated rings. The molecule has 0 aliphatic carbocycles. The van der Waals surface area contributed by atoms with Crippen LogP contribution in [-0.4, -0.2) is 86.8 Å². The fourth-order valence-corrected chi connectivity index (χ4v) is 4.02. The van der Waals surface area contributed by atoms with E-state index in [1.807, 2.05) is 0 Å². The summed E-state index contributed by atoms with van der Waals surface area (Å²) in [5, 5.41) is 45.0. The first-order valence-corrected chi connectivity index (χ1v) is 13.5. The number of carboxylic acids is 2. The summed E-state index contributed by atoms with van der Waals surface area (Å²) in [6, 6.07) is 6.11. The number of carbonyl (C=O) groups is 5. The van der Waals surface area contributed by atoms with Gasteiger partial charge in [-0.3, -0.25) is 24.2 Å². The molecule has 2 aromatic rings. The molecule has 0 saturated heterocycles. The highest BCUT2D eigenvalue weighted by Crippen LogP contribution is 2.13. The number of nitrogens with zero attached hydrogens (tertiary/aromatic N) is 1. The number of phenols is 2. The number of rotatable bonds is 17. The number of hydrogen-bond acceptors (Lipinski definition) is 9. The zero-order valence-electron chi connectivity index (χ0n) is 23.7. The second-order valence-electron chi connectivity index (χ2n) is 9.92. The van der Waals surface area contributed by atoms with Crippen molar-refractivity contribution in [3.63, 3.8) is 0 Å². The van der Waals surface area contributed by atoms with Gasteiger partial charge in [0.2, 0.25) is 17.7 Å². The van der Waals surface area contributed by atoms with Crippen molar-refractivity contribution in [2.75, 3.05) is 6.54 Å². The van der Waals surface area contributed by atoms with Gasteiger partial charge in [0.05, 0.1) is 12.5 Å². The number of carbonyl (C=O) groups excluding carboxylic acids is 3. The summed E-state index contributed by atoms with van der Waals surface area (Å²) in [7, 11) is 0. The first-order chi connectivity index (χ1) is 20.7. The van der Waals surface area contributed by atoms with Gasteiger partial charge in [0.1, 0.15) is 29.6 Å². The average Bonchev–Trinajstić information content (AvgIpc) is 2.95. The molecule has 238 valence electrons. The Labute approximate surface area is 252 Å². The summed E-state index contributed by atoms with van der Waals surface area (Å²) in [6.07, 6.45) is -0.879. The molecule has 0 bridgehead atoms. The number of nitrogens with one attached hydrogen (secondary N) is 3. The van der Waals surface area contributed by atoms with Crippen LogP contribution in [0.5, 0.6) is 11.5 Å². The predicted octanol–water partition coefficient (Wildman–Crippen LogP) is -1.72. The highest BCUT2D eigenvalue weighted by molar-refractivity contribution is 5.95. The van der Waals surface area contributed by atoms with Crippen molar-refractivity contribution in [3.8, 4) is 11.5 Å². The first-order valence-electron chi connectivity index (χ1n) is 13.5. The maximum absolute atomic E-state index is 13.4. The third kappa shape index (κ3) is 12.2. The number of carboxylic acid groups (broad SMARTS) is 2. The van der Waals surface area contributed by atoms with Gasteiger partial charge in [0.15, 0.2) is 5.96 Å². The van der Waals surface area contributed by atoms with E-state index in [-0.39, 0.29) is 49.7 Å². The van der Waals surface area contributed by atoms with Crippen LogP contribution in [0.15, 0.2) is 53.5 Å². The Morgan fingerprint density at radius 2 is 1.18 bits per heavy atom. The number of nitrogens with two attached hydrogens (primary N) is 3. The van der Waals surface area contributed by atoms with Crippen LogP contribution in [0.3, 0.4) is 0 Å². The Hall–Kier alpha value is -5.38. The molecule has 13 N–H and O–H groups in total. The van der Waals surface area contributed by atoms with Crippen molar-refractivity contribution in [1.82, 2.24) is 16.0 Å². The summed E-state index contributed by atoms with van der Waals surface area (Å²) in [6.45, 7) is 0.0881. The van der Waals surface area contributed by atoms with Crippen LogP contribution in [0.25, 0.3) is 0 Å². The summed E-state index contributed by atoms with van der Waals surface area (Å²) in [5.74, 6) is -5.82. The SMILES string of the molecule is NC(N)=NCCCC(NC(=O)C(CC(=O)O)NC(=O)C(Cc1ccc(O)cc1)NC(=O)C(N)Cc1ccc(O)cc1)C(=O)O. The minimum Gasteiger partial charge on any atom is -0.508 e. The monoisotopic (exact) mass is 615 g/mol. The highest BCUT2D eigenvalue weighted by Gasteiger charge is 2.31. The standard InChI is InChI=1S/C28H37N7O9/c29-19(12-15-3-7-17(36)8-4-15)24(40)34-21(13-16-5-9-18(37)10-6-16)25(41)35-22(14-23(38)39)26(42)33-20(27(43)44)2-1-11-32-28(30)31/h3-10,19-22,36-37H,1-2,11-14,29H2,(H,33,42)(H,34,40)(H,35,41)(H,38,39)(H,43,44)(H4,30,31,32). The molecule has 16 nitrogen and oxygen atoms in total. The van der Waals surface area contributed by atoms with Crippen LogP contribution in [0.1, 0.15) is 30.4 Å². The molecule has 4 atom stereocenters. The van der Waals surface area contributed by atoms with Crippen LogP contribution < -0.4 is 33.2 Å². The lowest BCUT2D eigenvalue weighted by Gasteiger charge is -2.25. The van der Waals surface area contributed by atoms with Gasteiger partial charge in [-0.05, 0) is 54.7 Å². The van der Waals surface area contributed by atoms with E-state index in [0.29, 0.717) is 11.1 Å². The Morgan fingerprint density at radius 3 is 1.68 bits per heavy atom. The summed E-state index contributed by atoms with van der Waals surface area (Å²) < 4.78 is 0. The molecular weight excluding hydrogens is 578 g/mol. The number of aliphatic imine (C=N–C) groups is 1. The second kappa shape index (κ2) is 16.9. The van der Waals surface area contributed by atoms with Gasteiger partial charge in [-0.25, -0.2) is 4.79 Å². The van der Waals surface area contributed by atoms with Crippen molar-refractivity contribution in [1.29, 1.82) is 0 Å². The fourth-order valence-electron chi connectivity index (χ4n) is 4.02. The summed E-state index contributed by atoms with van der Waals surface area (Å²) in [5.41, 5.74) is 17.7. The Bertz CT molecular complexity index is 1330. The molecule has 0 saturated carbocycles. The number of phenolic OH excluding ortho intramolecular Hbond substituents is 2. The zero-order valence-corrected chi connectivity index (χ0v) is 23.7. The normalized spacial score (nSPS) is 13.4. The largest absolute Gasteiger partial charge is 0.508 e. The van der Waals surface area contributed by atoms with E-state index >= 15 is 0 Å². The molecule has 0 aliphatic rings. The van der Waals surface area contributed by atoms with E-state index in [2.05, 4.69) is 20.9 Å². The lowest BCUT2D eigenvalue weighted by Crippen LogP contribution is -2.58. The third-order valence-corrected chi connectivity index (χ3v) is 6.31. The van der Waals surface area contributed by atoms with Crippen LogP contribution >= 0.6 is 0 Å². The van der Waals surface area contributed by atoms with Gasteiger partial charge in [-0.2, -0.15) is 0 Å². The van der Waals surface area contributed by atoms with Crippen molar-refractivity contribution in [2.45, 2.75) is 56.3 Å². The molecule has 2 aromatic carbocycles. The van der Waals surface area contributed by atoms with Gasteiger partial charge in [-0.15, -0.1) is 0 Å². The highest BCUT2D eigenvalue weighted by atomic mass is 16.4. The van der Waals surface area contributed by atoms with E-state index in [1.165, 1.54) is 36.4 Å². The lowest BCUT2D eigenvalue weighted by atomic mass is 10.0. The minimum atomic E-state index is -1.70. The number of amides is 3. The van der Waals surface area contributed by atoms with E-state index in [9.17, 15) is 44.4 Å². The molecule has 4 unspecified atom stereocenters. The molecule has 2 rings (SSSR count). The van der Waals surface area contributed by atoms with Gasteiger partial charge in [0, 0.05) is 13.0 Å².